The van der Waals surface area contributed by atoms with Crippen LogP contribution in [0.25, 0.3) is 0 Å². The first-order valence-corrected chi connectivity index (χ1v) is 15.1. The standard InChI is InChI=1S/C30H47NO4/c1-2-3-4-31(5-7-34-27(32)29-15-21-9-22(16-29)11-23(10-21)17-29)6-8-35-28(33)30-18-24-12-25(19-30)14-26(13-24)20-30/h21-26H,2-20H2,1H3/p+1. The summed E-state index contributed by atoms with van der Waals surface area (Å²) < 4.78 is 11.9. The molecule has 0 saturated heterocycles. The first kappa shape index (κ1) is 24.2. The van der Waals surface area contributed by atoms with E-state index in [0.29, 0.717) is 13.2 Å². The van der Waals surface area contributed by atoms with Gasteiger partial charge in [-0.3, -0.25) is 9.59 Å². The Morgan fingerprint density at radius 1 is 0.629 bits per heavy atom. The number of ether oxygens (including phenoxy) is 2. The molecule has 35 heavy (non-hydrogen) atoms. The van der Waals surface area contributed by atoms with Crippen LogP contribution in [0.2, 0.25) is 0 Å². The van der Waals surface area contributed by atoms with Crippen molar-refractivity contribution in [1.29, 1.82) is 0 Å². The zero-order valence-corrected chi connectivity index (χ0v) is 22.0. The van der Waals surface area contributed by atoms with E-state index in [1.54, 1.807) is 0 Å². The largest absolute Gasteiger partial charge is 0.459 e. The molecule has 1 N–H and O–H groups in total. The first-order chi connectivity index (χ1) is 17.0. The minimum atomic E-state index is -0.161. The van der Waals surface area contributed by atoms with Crippen LogP contribution < -0.4 is 4.90 Å². The number of carbonyl (C=O) groups is 2. The summed E-state index contributed by atoms with van der Waals surface area (Å²) in [6.45, 7) is 5.93. The van der Waals surface area contributed by atoms with Gasteiger partial charge in [0.15, 0.2) is 0 Å². The number of quaternary nitrogens is 1. The zero-order valence-electron chi connectivity index (χ0n) is 22.0. The molecule has 8 saturated carbocycles. The number of esters is 2. The molecular formula is C30H48NO4+. The van der Waals surface area contributed by atoms with Crippen LogP contribution in [0.3, 0.4) is 0 Å². The molecule has 0 atom stereocenters. The van der Waals surface area contributed by atoms with Crippen molar-refractivity contribution in [3.63, 3.8) is 0 Å². The normalized spacial score (nSPS) is 43.3. The van der Waals surface area contributed by atoms with Crippen LogP contribution in [0.5, 0.6) is 0 Å². The van der Waals surface area contributed by atoms with Crippen LogP contribution in [-0.4, -0.2) is 44.8 Å². The van der Waals surface area contributed by atoms with E-state index >= 15 is 0 Å². The average Bonchev–Trinajstić information content (AvgIpc) is 2.80. The van der Waals surface area contributed by atoms with Crippen molar-refractivity contribution in [1.82, 2.24) is 0 Å². The molecule has 8 fully saturated rings. The average molecular weight is 487 g/mol. The molecule has 196 valence electrons. The van der Waals surface area contributed by atoms with Crippen molar-refractivity contribution >= 4 is 11.9 Å². The van der Waals surface area contributed by atoms with Crippen LogP contribution in [0.4, 0.5) is 0 Å². The number of hydrogen-bond acceptors (Lipinski definition) is 4. The highest BCUT2D eigenvalue weighted by atomic mass is 16.5. The molecule has 0 heterocycles. The van der Waals surface area contributed by atoms with Gasteiger partial charge in [-0.15, -0.1) is 0 Å². The summed E-state index contributed by atoms with van der Waals surface area (Å²) in [5, 5.41) is 0. The van der Waals surface area contributed by atoms with Gasteiger partial charge in [0.25, 0.3) is 0 Å². The highest BCUT2D eigenvalue weighted by Gasteiger charge is 2.56. The first-order valence-electron chi connectivity index (χ1n) is 15.1. The quantitative estimate of drug-likeness (QED) is 0.445. The maximum absolute atomic E-state index is 13.2. The van der Waals surface area contributed by atoms with Crippen molar-refractivity contribution in [2.45, 2.75) is 96.8 Å². The maximum Gasteiger partial charge on any atom is 0.312 e. The predicted octanol–water partition coefficient (Wildman–Crippen LogP) is 4.19. The lowest BCUT2D eigenvalue weighted by molar-refractivity contribution is -0.900. The van der Waals surface area contributed by atoms with E-state index in [2.05, 4.69) is 6.92 Å². The Hall–Kier alpha value is -1.10. The SMILES string of the molecule is CCCC[NH+](CCOC(=O)C12CC3CC(CC(C3)C1)C2)CCOC(=O)C12CC3CC(CC(C3)C1)C2. The molecule has 0 spiro atoms. The fraction of sp³-hybridized carbons (Fsp3) is 0.933. The molecule has 8 aliphatic carbocycles. The monoisotopic (exact) mass is 486 g/mol. The van der Waals surface area contributed by atoms with Crippen LogP contribution >= 0.6 is 0 Å². The van der Waals surface area contributed by atoms with Crippen LogP contribution in [0.15, 0.2) is 0 Å². The third-order valence-corrected chi connectivity index (χ3v) is 11.2. The third kappa shape index (κ3) is 4.80. The Kier molecular flexibility index (Phi) is 6.69. The van der Waals surface area contributed by atoms with E-state index in [9.17, 15) is 9.59 Å². The molecule has 0 amide bonds. The number of carbonyl (C=O) groups excluding carboxylic acids is 2. The molecule has 0 unspecified atom stereocenters. The zero-order chi connectivity index (χ0) is 24.0. The van der Waals surface area contributed by atoms with Gasteiger partial charge in [-0.1, -0.05) is 13.3 Å². The minimum Gasteiger partial charge on any atom is -0.459 e. The van der Waals surface area contributed by atoms with Crippen molar-refractivity contribution in [3.05, 3.63) is 0 Å². The Bertz CT molecular complexity index is 674. The van der Waals surface area contributed by atoms with Gasteiger partial charge in [-0.25, -0.2) is 0 Å². The van der Waals surface area contributed by atoms with E-state index in [1.165, 1.54) is 43.4 Å². The summed E-state index contributed by atoms with van der Waals surface area (Å²) in [5.74, 6) is 4.80. The smallest absolute Gasteiger partial charge is 0.312 e. The van der Waals surface area contributed by atoms with Gasteiger partial charge in [-0.2, -0.15) is 0 Å². The number of nitrogens with one attached hydrogen (secondary N) is 1. The van der Waals surface area contributed by atoms with Crippen LogP contribution in [0.1, 0.15) is 96.8 Å². The summed E-state index contributed by atoms with van der Waals surface area (Å²) in [5.41, 5.74) is -0.322. The van der Waals surface area contributed by atoms with Crippen LogP contribution in [-0.2, 0) is 19.1 Å². The van der Waals surface area contributed by atoms with Gasteiger partial charge >= 0.3 is 11.9 Å². The molecular weight excluding hydrogens is 438 g/mol. The summed E-state index contributed by atoms with van der Waals surface area (Å²) >= 11 is 0. The lowest BCUT2D eigenvalue weighted by Gasteiger charge is -2.55. The van der Waals surface area contributed by atoms with Gasteiger partial charge in [0.2, 0.25) is 0 Å². The number of rotatable bonds is 11. The molecule has 0 radical (unpaired) electrons. The predicted molar refractivity (Wildman–Crippen MR) is 134 cm³/mol. The van der Waals surface area contributed by atoms with E-state index in [4.69, 9.17) is 9.47 Å². The van der Waals surface area contributed by atoms with Gasteiger partial charge in [0.05, 0.1) is 17.4 Å². The van der Waals surface area contributed by atoms with Crippen molar-refractivity contribution in [2.75, 3.05) is 32.8 Å². The minimum absolute atomic E-state index is 0.0969. The fourth-order valence-electron chi connectivity index (χ4n) is 10.4. The highest BCUT2D eigenvalue weighted by Crippen LogP contribution is 2.61. The summed E-state index contributed by atoms with van der Waals surface area (Å²) in [6, 6.07) is 0. The Morgan fingerprint density at radius 3 is 1.29 bits per heavy atom. The van der Waals surface area contributed by atoms with Crippen LogP contribution in [0, 0.1) is 46.3 Å². The highest BCUT2D eigenvalue weighted by molar-refractivity contribution is 5.78. The Labute approximate surface area is 212 Å². The second kappa shape index (κ2) is 9.65. The molecule has 5 nitrogen and oxygen atoms in total. The molecule has 0 aromatic carbocycles. The second-order valence-electron chi connectivity index (χ2n) is 14.0. The number of hydrogen-bond donors (Lipinski definition) is 1. The van der Waals surface area contributed by atoms with Gasteiger partial charge in [0, 0.05) is 0 Å². The lowest BCUT2D eigenvalue weighted by Crippen LogP contribution is -3.13. The molecule has 0 aromatic heterocycles. The summed E-state index contributed by atoms with van der Waals surface area (Å²) in [4.78, 5) is 27.8. The topological polar surface area (TPSA) is 57.0 Å². The second-order valence-corrected chi connectivity index (χ2v) is 14.0. The van der Waals surface area contributed by atoms with Gasteiger partial charge in [-0.05, 0) is 119 Å². The summed E-state index contributed by atoms with van der Waals surface area (Å²) in [6.07, 6.45) is 16.9. The third-order valence-electron chi connectivity index (χ3n) is 11.2. The van der Waals surface area contributed by atoms with Gasteiger partial charge < -0.3 is 14.4 Å². The molecule has 0 aliphatic heterocycles. The Morgan fingerprint density at radius 2 is 0.971 bits per heavy atom. The lowest BCUT2D eigenvalue weighted by atomic mass is 9.49. The number of unbranched alkanes of at least 4 members (excludes halogenated alkanes) is 1. The van der Waals surface area contributed by atoms with Gasteiger partial charge in [0.1, 0.15) is 26.3 Å². The Balaban J connectivity index is 0.968. The van der Waals surface area contributed by atoms with Crippen molar-refractivity contribution in [3.8, 4) is 0 Å². The molecule has 8 bridgehead atoms. The maximum atomic E-state index is 13.2. The summed E-state index contributed by atoms with van der Waals surface area (Å²) in [7, 11) is 0. The van der Waals surface area contributed by atoms with Crippen molar-refractivity contribution < 1.29 is 24.0 Å². The molecule has 5 heteroatoms. The van der Waals surface area contributed by atoms with E-state index in [-0.39, 0.29) is 22.8 Å². The van der Waals surface area contributed by atoms with E-state index in [1.807, 2.05) is 0 Å². The van der Waals surface area contributed by atoms with E-state index < -0.39 is 0 Å². The van der Waals surface area contributed by atoms with E-state index in [0.717, 1.165) is 107 Å². The van der Waals surface area contributed by atoms with Crippen molar-refractivity contribution in [2.24, 2.45) is 46.3 Å². The molecule has 8 rings (SSSR count). The molecule has 8 aliphatic rings. The fourth-order valence-corrected chi connectivity index (χ4v) is 10.4. The molecule has 0 aromatic rings.